The molecule has 0 aliphatic rings. The van der Waals surface area contributed by atoms with Gasteiger partial charge in [-0.05, 0) is 37.6 Å². The Morgan fingerprint density at radius 3 is 2.67 bits per heavy atom. The number of hydrogen-bond donors (Lipinski definition) is 2. The third kappa shape index (κ3) is 3.59. The smallest absolute Gasteiger partial charge is 0.323 e. The maximum atomic E-state index is 11.2. The number of aromatic nitrogens is 2. The van der Waals surface area contributed by atoms with Crippen molar-refractivity contribution in [2.24, 2.45) is 0 Å². The lowest BCUT2D eigenvalue weighted by Gasteiger charge is -2.23. The highest BCUT2D eigenvalue weighted by Crippen LogP contribution is 2.19. The zero-order chi connectivity index (χ0) is 15.5. The number of carboxylic acid groups (broad SMARTS) is 1. The Kier molecular flexibility index (Phi) is 4.59. The summed E-state index contributed by atoms with van der Waals surface area (Å²) in [6, 6.07) is 7.06. The van der Waals surface area contributed by atoms with E-state index >= 15 is 0 Å². The predicted molar refractivity (Wildman–Crippen MR) is 77.9 cm³/mol. The highest BCUT2D eigenvalue weighted by atomic mass is 35.5. The van der Waals surface area contributed by atoms with E-state index in [1.165, 1.54) is 0 Å². The molecule has 2 aromatic rings. The van der Waals surface area contributed by atoms with Crippen LogP contribution in [0, 0.1) is 0 Å². The van der Waals surface area contributed by atoms with Crippen LogP contribution in [-0.4, -0.2) is 26.8 Å². The second-order valence-corrected chi connectivity index (χ2v) is 5.30. The Labute approximate surface area is 127 Å². The molecule has 1 aromatic heterocycles. The van der Waals surface area contributed by atoms with Gasteiger partial charge in [0.25, 0.3) is 0 Å². The minimum atomic E-state index is -1.02. The van der Waals surface area contributed by atoms with E-state index in [-0.39, 0.29) is 6.54 Å². The summed E-state index contributed by atoms with van der Waals surface area (Å²) in [6.07, 6.45) is 0.445. The summed E-state index contributed by atoms with van der Waals surface area (Å²) in [5.41, 5.74) is -0.236. The molecule has 1 atom stereocenters. The first-order chi connectivity index (χ1) is 9.94. The lowest BCUT2D eigenvalue weighted by atomic mass is 9.99. The van der Waals surface area contributed by atoms with Crippen LogP contribution in [0.5, 0.6) is 0 Å². The molecule has 6 nitrogen and oxygen atoms in total. The monoisotopic (exact) mass is 309 g/mol. The summed E-state index contributed by atoms with van der Waals surface area (Å²) >= 11 is 5.82. The topological polar surface area (TPSA) is 88.3 Å². The van der Waals surface area contributed by atoms with Crippen LogP contribution in [0.2, 0.25) is 5.02 Å². The summed E-state index contributed by atoms with van der Waals surface area (Å²) in [6.45, 7) is 3.61. The van der Waals surface area contributed by atoms with E-state index in [0.717, 1.165) is 5.56 Å². The Morgan fingerprint density at radius 1 is 1.43 bits per heavy atom. The molecule has 0 radical (unpaired) electrons. The van der Waals surface area contributed by atoms with Crippen LogP contribution >= 0.6 is 11.6 Å². The van der Waals surface area contributed by atoms with Crippen molar-refractivity contribution in [3.63, 3.8) is 0 Å². The van der Waals surface area contributed by atoms with E-state index in [2.05, 4.69) is 15.5 Å². The molecule has 2 rings (SSSR count). The molecule has 0 saturated carbocycles. The third-order valence-electron chi connectivity index (χ3n) is 3.38. The molecule has 7 heteroatoms. The molecule has 0 spiro atoms. The molecule has 21 heavy (non-hydrogen) atoms. The minimum absolute atomic E-state index is 0.192. The normalized spacial score (nSPS) is 13.9. The molecule has 2 N–H and O–H groups in total. The summed E-state index contributed by atoms with van der Waals surface area (Å²) in [4.78, 5) is 15.4. The first-order valence-electron chi connectivity index (χ1n) is 6.51. The Morgan fingerprint density at radius 2 is 2.10 bits per heavy atom. The molecule has 0 fully saturated rings. The van der Waals surface area contributed by atoms with Gasteiger partial charge in [-0.2, -0.15) is 4.98 Å². The number of aliphatic carboxylic acids is 1. The van der Waals surface area contributed by atoms with Crippen LogP contribution in [-0.2, 0) is 11.3 Å². The van der Waals surface area contributed by atoms with Crippen molar-refractivity contribution < 1.29 is 14.4 Å². The third-order valence-corrected chi connectivity index (χ3v) is 3.63. The van der Waals surface area contributed by atoms with Gasteiger partial charge in [-0.25, -0.2) is 0 Å². The van der Waals surface area contributed by atoms with Crippen molar-refractivity contribution in [3.8, 4) is 11.4 Å². The Balaban J connectivity index is 2.07. The maximum absolute atomic E-state index is 11.2. The summed E-state index contributed by atoms with van der Waals surface area (Å²) in [5.74, 6) is -0.139. The Hall–Kier alpha value is -1.92. The van der Waals surface area contributed by atoms with E-state index in [1.807, 2.05) is 0 Å². The van der Waals surface area contributed by atoms with Crippen LogP contribution in [0.15, 0.2) is 28.8 Å². The van der Waals surface area contributed by atoms with Gasteiger partial charge in [0.2, 0.25) is 11.7 Å². The standard InChI is InChI=1S/C14H16ClN3O3/c1-3-14(2,13(19)20)16-8-11-17-12(18-21-11)9-4-6-10(15)7-5-9/h4-7,16H,3,8H2,1-2H3,(H,19,20). The fraction of sp³-hybridized carbons (Fsp3) is 0.357. The average molecular weight is 310 g/mol. The van der Waals surface area contributed by atoms with Crippen molar-refractivity contribution in [3.05, 3.63) is 35.2 Å². The van der Waals surface area contributed by atoms with Gasteiger partial charge in [-0.1, -0.05) is 23.7 Å². The molecular weight excluding hydrogens is 294 g/mol. The first-order valence-corrected chi connectivity index (χ1v) is 6.89. The zero-order valence-corrected chi connectivity index (χ0v) is 12.5. The minimum Gasteiger partial charge on any atom is -0.480 e. The lowest BCUT2D eigenvalue weighted by Crippen LogP contribution is -2.48. The van der Waals surface area contributed by atoms with E-state index < -0.39 is 11.5 Å². The molecule has 1 heterocycles. The van der Waals surface area contributed by atoms with Crippen LogP contribution in [0.3, 0.4) is 0 Å². The van der Waals surface area contributed by atoms with Crippen LogP contribution in [0.1, 0.15) is 26.2 Å². The van der Waals surface area contributed by atoms with Gasteiger partial charge in [0.05, 0.1) is 6.54 Å². The van der Waals surface area contributed by atoms with Crippen molar-refractivity contribution in [1.29, 1.82) is 0 Å². The summed E-state index contributed by atoms with van der Waals surface area (Å²) < 4.78 is 5.12. The summed E-state index contributed by atoms with van der Waals surface area (Å²) in [5, 5.41) is 16.6. The molecule has 0 amide bonds. The van der Waals surface area contributed by atoms with Gasteiger partial charge in [0.15, 0.2) is 0 Å². The van der Waals surface area contributed by atoms with Crippen molar-refractivity contribution in [2.45, 2.75) is 32.4 Å². The highest BCUT2D eigenvalue weighted by Gasteiger charge is 2.30. The first kappa shape index (κ1) is 15.5. The number of benzene rings is 1. The number of nitrogens with one attached hydrogen (secondary N) is 1. The molecule has 1 unspecified atom stereocenters. The summed E-state index contributed by atoms with van der Waals surface area (Å²) in [7, 11) is 0. The number of rotatable bonds is 6. The van der Waals surface area contributed by atoms with E-state index in [4.69, 9.17) is 16.1 Å². The van der Waals surface area contributed by atoms with Crippen LogP contribution in [0.4, 0.5) is 0 Å². The number of hydrogen-bond acceptors (Lipinski definition) is 5. The van der Waals surface area contributed by atoms with Crippen molar-refractivity contribution in [2.75, 3.05) is 0 Å². The lowest BCUT2D eigenvalue weighted by molar-refractivity contribution is -0.144. The molecule has 0 saturated heterocycles. The fourth-order valence-electron chi connectivity index (χ4n) is 1.67. The van der Waals surface area contributed by atoms with Gasteiger partial charge in [-0.15, -0.1) is 0 Å². The number of carbonyl (C=O) groups is 1. The van der Waals surface area contributed by atoms with Gasteiger partial charge in [0, 0.05) is 10.6 Å². The van der Waals surface area contributed by atoms with Crippen molar-refractivity contribution in [1.82, 2.24) is 15.5 Å². The van der Waals surface area contributed by atoms with Crippen LogP contribution in [0.25, 0.3) is 11.4 Å². The molecule has 0 aliphatic carbocycles. The second-order valence-electron chi connectivity index (χ2n) is 4.86. The zero-order valence-electron chi connectivity index (χ0n) is 11.8. The average Bonchev–Trinajstić information content (AvgIpc) is 2.94. The second kappa shape index (κ2) is 6.24. The number of nitrogens with zero attached hydrogens (tertiary/aromatic N) is 2. The van der Waals surface area contributed by atoms with E-state index in [0.29, 0.717) is 23.2 Å². The molecule has 0 aliphatic heterocycles. The van der Waals surface area contributed by atoms with E-state index in [1.54, 1.807) is 38.1 Å². The SMILES string of the molecule is CCC(C)(NCc1nc(-c2ccc(Cl)cc2)no1)C(=O)O. The predicted octanol–water partition coefficient (Wildman–Crippen LogP) is 2.73. The number of carboxylic acids is 1. The number of halogens is 1. The maximum Gasteiger partial charge on any atom is 0.323 e. The highest BCUT2D eigenvalue weighted by molar-refractivity contribution is 6.30. The fourth-order valence-corrected chi connectivity index (χ4v) is 1.79. The molecule has 0 bridgehead atoms. The molecule has 1 aromatic carbocycles. The largest absolute Gasteiger partial charge is 0.480 e. The van der Waals surface area contributed by atoms with Gasteiger partial charge in [0.1, 0.15) is 5.54 Å². The van der Waals surface area contributed by atoms with Crippen LogP contribution < -0.4 is 5.32 Å². The van der Waals surface area contributed by atoms with Gasteiger partial charge in [-0.3, -0.25) is 10.1 Å². The molecular formula is C14H16ClN3O3. The van der Waals surface area contributed by atoms with Gasteiger partial charge < -0.3 is 9.63 Å². The van der Waals surface area contributed by atoms with E-state index in [9.17, 15) is 9.90 Å². The Bertz CT molecular complexity index is 627. The quantitative estimate of drug-likeness (QED) is 0.853. The molecule has 112 valence electrons. The van der Waals surface area contributed by atoms with Gasteiger partial charge >= 0.3 is 5.97 Å². The van der Waals surface area contributed by atoms with Crippen molar-refractivity contribution >= 4 is 17.6 Å².